The Balaban J connectivity index is 2.02. The molecule has 1 aromatic rings. The first kappa shape index (κ1) is 17.3. The molecule has 1 fully saturated rings. The summed E-state index contributed by atoms with van der Waals surface area (Å²) in [4.78, 5) is 25.4. The Morgan fingerprint density at radius 2 is 1.96 bits per heavy atom. The minimum Gasteiger partial charge on any atom is -0.347 e. The quantitative estimate of drug-likeness (QED) is 0.787. The fourth-order valence-electron chi connectivity index (χ4n) is 2.09. The molecule has 1 saturated carbocycles. The molecule has 0 atom stereocenters. The van der Waals surface area contributed by atoms with Crippen LogP contribution in [0.4, 0.5) is 13.2 Å². The molecule has 1 aliphatic rings. The van der Waals surface area contributed by atoms with E-state index in [4.69, 9.17) is 0 Å². The number of aromatic nitrogens is 2. The van der Waals surface area contributed by atoms with Crippen LogP contribution in [0.5, 0.6) is 0 Å². The Labute approximate surface area is 131 Å². The fraction of sp³-hybridized carbons (Fsp3) is 0.643. The van der Waals surface area contributed by atoms with Gasteiger partial charge < -0.3 is 9.80 Å². The molecule has 1 aliphatic carbocycles. The second-order valence-corrected chi connectivity index (χ2v) is 5.90. The van der Waals surface area contributed by atoms with E-state index in [1.54, 1.807) is 12.4 Å². The Hall–Kier alpha value is -2.06. The lowest BCUT2D eigenvalue weighted by Gasteiger charge is -2.24. The van der Waals surface area contributed by atoms with Gasteiger partial charge in [0.15, 0.2) is 0 Å². The molecule has 1 heterocycles. The van der Waals surface area contributed by atoms with E-state index in [1.807, 2.05) is 0 Å². The second kappa shape index (κ2) is 6.59. The van der Waals surface area contributed by atoms with Crippen molar-refractivity contribution in [3.63, 3.8) is 0 Å². The van der Waals surface area contributed by atoms with Gasteiger partial charge in [0, 0.05) is 20.3 Å². The van der Waals surface area contributed by atoms with Crippen molar-refractivity contribution < 1.29 is 22.8 Å². The van der Waals surface area contributed by atoms with Crippen LogP contribution in [0.25, 0.3) is 0 Å². The third-order valence-electron chi connectivity index (χ3n) is 3.55. The summed E-state index contributed by atoms with van der Waals surface area (Å²) in [5.41, 5.74) is 0.990. The number of hydrogen-bond acceptors (Lipinski definition) is 3. The van der Waals surface area contributed by atoms with Gasteiger partial charge in [-0.25, -0.2) is 0 Å². The van der Waals surface area contributed by atoms with E-state index in [9.17, 15) is 22.8 Å². The molecule has 128 valence electrons. The van der Waals surface area contributed by atoms with E-state index in [0.29, 0.717) is 10.8 Å². The van der Waals surface area contributed by atoms with Gasteiger partial charge in [0.2, 0.25) is 11.8 Å². The number of rotatable bonds is 6. The first-order valence-corrected chi connectivity index (χ1v) is 7.23. The topological polar surface area (TPSA) is 58.4 Å². The summed E-state index contributed by atoms with van der Waals surface area (Å²) in [5, 5.41) is 4.00. The van der Waals surface area contributed by atoms with Crippen molar-refractivity contribution in [2.24, 2.45) is 0 Å². The number of likely N-dealkylation sites (N-methyl/N-ethyl adjacent to an activating group) is 1. The monoisotopic (exact) mass is 332 g/mol. The zero-order valence-corrected chi connectivity index (χ0v) is 13.0. The molecule has 0 radical (unpaired) electrons. The van der Waals surface area contributed by atoms with Gasteiger partial charge >= 0.3 is 6.18 Å². The lowest BCUT2D eigenvalue weighted by atomic mass is 10.2. The fourth-order valence-corrected chi connectivity index (χ4v) is 2.09. The summed E-state index contributed by atoms with van der Waals surface area (Å²) >= 11 is 0. The SMILES string of the molecule is CN(C)C(=O)CN(CC(F)(F)F)C(=O)Cn1cc(C2CC2)cn1. The predicted octanol–water partition coefficient (Wildman–Crippen LogP) is 1.24. The Morgan fingerprint density at radius 3 is 2.48 bits per heavy atom. The van der Waals surface area contributed by atoms with Crippen molar-refractivity contribution in [1.82, 2.24) is 19.6 Å². The minimum atomic E-state index is -4.56. The van der Waals surface area contributed by atoms with Crippen LogP contribution < -0.4 is 0 Å². The van der Waals surface area contributed by atoms with Gasteiger partial charge in [0.25, 0.3) is 0 Å². The highest BCUT2D eigenvalue weighted by molar-refractivity contribution is 5.84. The van der Waals surface area contributed by atoms with Crippen LogP contribution in [-0.2, 0) is 16.1 Å². The largest absolute Gasteiger partial charge is 0.406 e. The lowest BCUT2D eigenvalue weighted by Crippen LogP contribution is -2.46. The van der Waals surface area contributed by atoms with Crippen molar-refractivity contribution in [1.29, 1.82) is 0 Å². The van der Waals surface area contributed by atoms with E-state index < -0.39 is 31.1 Å². The van der Waals surface area contributed by atoms with Crippen LogP contribution in [0.1, 0.15) is 24.3 Å². The molecule has 23 heavy (non-hydrogen) atoms. The highest BCUT2D eigenvalue weighted by Crippen LogP contribution is 2.39. The number of halogens is 3. The molecule has 0 bridgehead atoms. The highest BCUT2D eigenvalue weighted by Gasteiger charge is 2.34. The van der Waals surface area contributed by atoms with E-state index in [-0.39, 0.29) is 6.54 Å². The number of carbonyl (C=O) groups excluding carboxylic acids is 2. The number of amides is 2. The molecule has 0 unspecified atom stereocenters. The van der Waals surface area contributed by atoms with E-state index >= 15 is 0 Å². The van der Waals surface area contributed by atoms with Crippen LogP contribution in [-0.4, -0.2) is 64.8 Å². The van der Waals surface area contributed by atoms with Crippen LogP contribution in [0.3, 0.4) is 0 Å². The Kier molecular flexibility index (Phi) is 4.96. The van der Waals surface area contributed by atoms with Crippen LogP contribution in [0.2, 0.25) is 0 Å². The Morgan fingerprint density at radius 1 is 1.30 bits per heavy atom. The molecule has 6 nitrogen and oxygen atoms in total. The molecule has 0 saturated heterocycles. The molecular formula is C14H19F3N4O2. The molecule has 1 aromatic heterocycles. The molecule has 2 rings (SSSR count). The zero-order valence-electron chi connectivity index (χ0n) is 13.0. The number of nitrogens with zero attached hydrogens (tertiary/aromatic N) is 4. The van der Waals surface area contributed by atoms with Crippen molar-refractivity contribution >= 4 is 11.8 Å². The summed E-state index contributed by atoms with van der Waals surface area (Å²) in [6.07, 6.45) is 0.874. The third kappa shape index (κ3) is 5.26. The summed E-state index contributed by atoms with van der Waals surface area (Å²) < 4.78 is 39.2. The van der Waals surface area contributed by atoms with Crippen molar-refractivity contribution in [2.45, 2.75) is 31.5 Å². The van der Waals surface area contributed by atoms with Crippen LogP contribution in [0.15, 0.2) is 12.4 Å². The average Bonchev–Trinajstić information content (AvgIpc) is 3.17. The first-order chi connectivity index (χ1) is 10.7. The Bertz CT molecular complexity index is 579. The average molecular weight is 332 g/mol. The normalized spacial score (nSPS) is 14.7. The van der Waals surface area contributed by atoms with Gasteiger partial charge in [-0.1, -0.05) is 0 Å². The molecule has 2 amide bonds. The smallest absolute Gasteiger partial charge is 0.347 e. The van der Waals surface area contributed by atoms with Gasteiger partial charge in [0.05, 0.1) is 6.20 Å². The number of carbonyl (C=O) groups is 2. The minimum absolute atomic E-state index is 0.316. The van der Waals surface area contributed by atoms with Crippen molar-refractivity contribution in [2.75, 3.05) is 27.2 Å². The lowest BCUT2D eigenvalue weighted by molar-refractivity contribution is -0.164. The summed E-state index contributed by atoms with van der Waals surface area (Å²) in [6, 6.07) is 0. The maximum absolute atomic E-state index is 12.6. The molecular weight excluding hydrogens is 313 g/mol. The van der Waals surface area contributed by atoms with Crippen molar-refractivity contribution in [3.05, 3.63) is 18.0 Å². The maximum atomic E-state index is 12.6. The molecule has 0 N–H and O–H groups in total. The van der Waals surface area contributed by atoms with E-state index in [0.717, 1.165) is 23.3 Å². The van der Waals surface area contributed by atoms with Crippen molar-refractivity contribution in [3.8, 4) is 0 Å². The molecule has 0 spiro atoms. The maximum Gasteiger partial charge on any atom is 0.406 e. The van der Waals surface area contributed by atoms with Gasteiger partial charge in [-0.15, -0.1) is 0 Å². The van der Waals surface area contributed by atoms with E-state index in [1.165, 1.54) is 18.8 Å². The number of hydrogen-bond donors (Lipinski definition) is 0. The summed E-state index contributed by atoms with van der Waals surface area (Å²) in [7, 11) is 2.85. The number of alkyl halides is 3. The zero-order chi connectivity index (χ0) is 17.2. The van der Waals surface area contributed by atoms with Gasteiger partial charge in [0.1, 0.15) is 19.6 Å². The molecule has 0 aliphatic heterocycles. The van der Waals surface area contributed by atoms with E-state index in [2.05, 4.69) is 5.10 Å². The van der Waals surface area contributed by atoms with Crippen LogP contribution >= 0.6 is 0 Å². The predicted molar refractivity (Wildman–Crippen MR) is 75.5 cm³/mol. The highest BCUT2D eigenvalue weighted by atomic mass is 19.4. The van der Waals surface area contributed by atoms with Gasteiger partial charge in [-0.3, -0.25) is 14.3 Å². The molecule has 9 heteroatoms. The third-order valence-corrected chi connectivity index (χ3v) is 3.55. The summed E-state index contributed by atoms with van der Waals surface area (Å²) in [5.74, 6) is -0.912. The van der Waals surface area contributed by atoms with Gasteiger partial charge in [-0.2, -0.15) is 18.3 Å². The first-order valence-electron chi connectivity index (χ1n) is 7.23. The summed E-state index contributed by atoms with van der Waals surface area (Å²) in [6.45, 7) is -2.38. The van der Waals surface area contributed by atoms with Gasteiger partial charge in [-0.05, 0) is 24.3 Å². The second-order valence-electron chi connectivity index (χ2n) is 5.90. The van der Waals surface area contributed by atoms with Crippen LogP contribution in [0, 0.1) is 0 Å². The standard InChI is InChI=1S/C14H19F3N4O2/c1-19(2)12(22)7-20(9-14(15,16)17)13(23)8-21-6-11(5-18-21)10-3-4-10/h5-6,10H,3-4,7-9H2,1-2H3. The molecule has 0 aromatic carbocycles.